The van der Waals surface area contributed by atoms with Crippen molar-refractivity contribution >= 4 is 44.1 Å². The van der Waals surface area contributed by atoms with Gasteiger partial charge in [-0.2, -0.15) is 0 Å². The number of rotatable bonds is 3. The zero-order chi connectivity index (χ0) is 17.6. The fourth-order valence-corrected chi connectivity index (χ4v) is 2.81. The zero-order valence-corrected chi connectivity index (χ0v) is 14.5. The first-order chi connectivity index (χ1) is 12.0. The number of imidazole rings is 2. The Kier molecular flexibility index (Phi) is 3.72. The molecule has 25 heavy (non-hydrogen) atoms. The third-order valence-electron chi connectivity index (χ3n) is 3.72. The molecule has 0 aliphatic rings. The second-order valence-electron chi connectivity index (χ2n) is 5.45. The number of nitrogens with zero attached hydrogens (tertiary/aromatic N) is 3. The molecule has 3 heterocycles. The van der Waals surface area contributed by atoms with Gasteiger partial charge in [0.25, 0.3) is 0 Å². The number of aromatic nitrogens is 5. The average molecular weight is 404 g/mol. The molecule has 4 rings (SSSR count). The fourth-order valence-electron chi connectivity index (χ4n) is 2.48. The first-order valence-electron chi connectivity index (χ1n) is 7.36. The van der Waals surface area contributed by atoms with Gasteiger partial charge in [-0.25, -0.2) is 24.1 Å². The Balaban J connectivity index is 1.60. The largest absolute Gasteiger partial charge is 0.451 e. The van der Waals surface area contributed by atoms with Crippen molar-refractivity contribution in [1.82, 2.24) is 24.9 Å². The van der Waals surface area contributed by atoms with Crippen molar-refractivity contribution < 1.29 is 13.9 Å². The topological polar surface area (TPSA) is 96.6 Å². The molecule has 0 fully saturated rings. The van der Waals surface area contributed by atoms with Gasteiger partial charge < -0.3 is 14.7 Å². The summed E-state index contributed by atoms with van der Waals surface area (Å²) in [5.41, 5.74) is 2.03. The van der Waals surface area contributed by atoms with Gasteiger partial charge in [-0.1, -0.05) is 0 Å². The van der Waals surface area contributed by atoms with Crippen molar-refractivity contribution in [1.29, 1.82) is 0 Å². The Morgan fingerprint density at radius 1 is 1.28 bits per heavy atom. The fraction of sp³-hybridized carbons (Fsp3) is 0.125. The summed E-state index contributed by atoms with van der Waals surface area (Å²) in [6.07, 6.45) is 2.36. The van der Waals surface area contributed by atoms with Crippen LogP contribution in [0.5, 0.6) is 0 Å². The maximum Gasteiger partial charge on any atom is 0.341 e. The highest BCUT2D eigenvalue weighted by Gasteiger charge is 2.21. The molecule has 1 aromatic carbocycles. The van der Waals surface area contributed by atoms with Crippen LogP contribution >= 0.6 is 15.9 Å². The van der Waals surface area contributed by atoms with Gasteiger partial charge in [0.05, 0.1) is 28.4 Å². The highest BCUT2D eigenvalue weighted by atomic mass is 79.9. The number of carbonyl (C=O) groups is 1. The third-order valence-corrected chi connectivity index (χ3v) is 4.15. The summed E-state index contributed by atoms with van der Waals surface area (Å²) in [6, 6.07) is 4.39. The first kappa shape index (κ1) is 15.7. The predicted molar refractivity (Wildman–Crippen MR) is 91.5 cm³/mol. The van der Waals surface area contributed by atoms with Crippen LogP contribution in [0.25, 0.3) is 22.2 Å². The smallest absolute Gasteiger partial charge is 0.341 e. The van der Waals surface area contributed by atoms with Crippen LogP contribution in [0, 0.1) is 5.82 Å². The minimum absolute atomic E-state index is 0.177. The molecule has 1 atom stereocenters. The number of nitrogens with one attached hydrogen (secondary N) is 2. The van der Waals surface area contributed by atoms with E-state index < -0.39 is 17.9 Å². The average Bonchev–Trinajstić information content (AvgIpc) is 3.19. The maximum atomic E-state index is 14.1. The molecule has 0 bridgehead atoms. The van der Waals surface area contributed by atoms with Crippen molar-refractivity contribution in [2.45, 2.75) is 13.0 Å². The van der Waals surface area contributed by atoms with Gasteiger partial charge in [0.15, 0.2) is 11.8 Å². The van der Waals surface area contributed by atoms with E-state index in [2.05, 4.69) is 40.8 Å². The summed E-state index contributed by atoms with van der Waals surface area (Å²) < 4.78 is 20.3. The number of fused-ring (bicyclic) bond motifs is 2. The molecule has 0 amide bonds. The van der Waals surface area contributed by atoms with Crippen LogP contribution < -0.4 is 0 Å². The molecule has 9 heteroatoms. The van der Waals surface area contributed by atoms with Crippen molar-refractivity contribution in [3.05, 3.63) is 52.4 Å². The number of hydrogen-bond donors (Lipinski definition) is 2. The van der Waals surface area contributed by atoms with E-state index in [0.717, 1.165) is 4.47 Å². The lowest BCUT2D eigenvalue weighted by molar-refractivity contribution is 0.0317. The number of hydrogen-bond acceptors (Lipinski definition) is 5. The molecule has 0 radical (unpaired) electrons. The summed E-state index contributed by atoms with van der Waals surface area (Å²) in [4.78, 5) is 30.6. The van der Waals surface area contributed by atoms with Gasteiger partial charge >= 0.3 is 5.97 Å². The van der Waals surface area contributed by atoms with Crippen molar-refractivity contribution in [2.75, 3.05) is 0 Å². The van der Waals surface area contributed by atoms with Crippen LogP contribution in [-0.2, 0) is 4.74 Å². The van der Waals surface area contributed by atoms with Gasteiger partial charge in [-0.3, -0.25) is 0 Å². The summed E-state index contributed by atoms with van der Waals surface area (Å²) >= 11 is 3.33. The second kappa shape index (κ2) is 5.92. The highest BCUT2D eigenvalue weighted by molar-refractivity contribution is 9.10. The van der Waals surface area contributed by atoms with Gasteiger partial charge in [0.1, 0.15) is 11.6 Å². The molecule has 2 N–H and O–H groups in total. The number of esters is 1. The van der Waals surface area contributed by atoms with E-state index in [1.165, 1.54) is 18.5 Å². The van der Waals surface area contributed by atoms with Crippen LogP contribution in [-0.4, -0.2) is 30.9 Å². The van der Waals surface area contributed by atoms with E-state index >= 15 is 0 Å². The van der Waals surface area contributed by atoms with Crippen LogP contribution in [0.3, 0.4) is 0 Å². The Labute approximate surface area is 148 Å². The lowest BCUT2D eigenvalue weighted by Gasteiger charge is -2.11. The number of ether oxygens (including phenoxy) is 1. The molecular formula is C16H11BrFN5O2. The molecule has 0 aliphatic carbocycles. The Bertz CT molecular complexity index is 1110. The van der Waals surface area contributed by atoms with Gasteiger partial charge in [-0.05, 0) is 35.0 Å². The lowest BCUT2D eigenvalue weighted by atomic mass is 10.2. The number of halogens is 2. The summed E-state index contributed by atoms with van der Waals surface area (Å²) in [6.45, 7) is 1.65. The van der Waals surface area contributed by atoms with Crippen LogP contribution in [0.1, 0.15) is 29.2 Å². The Morgan fingerprint density at radius 3 is 2.96 bits per heavy atom. The molecule has 0 aliphatic heterocycles. The van der Waals surface area contributed by atoms with Gasteiger partial charge in [0, 0.05) is 16.7 Å². The van der Waals surface area contributed by atoms with Crippen LogP contribution in [0.2, 0.25) is 0 Å². The first-order valence-corrected chi connectivity index (χ1v) is 8.15. The van der Waals surface area contributed by atoms with Crippen LogP contribution in [0.4, 0.5) is 4.39 Å². The third kappa shape index (κ3) is 2.86. The maximum absolute atomic E-state index is 14.1. The van der Waals surface area contributed by atoms with E-state index in [4.69, 9.17) is 4.74 Å². The summed E-state index contributed by atoms with van der Waals surface area (Å²) in [5, 5.41) is 0. The highest BCUT2D eigenvalue weighted by Crippen LogP contribution is 2.23. The lowest BCUT2D eigenvalue weighted by Crippen LogP contribution is -2.12. The molecule has 0 spiro atoms. The Morgan fingerprint density at radius 2 is 2.12 bits per heavy atom. The number of H-pyrrole nitrogens is 2. The molecular weight excluding hydrogens is 393 g/mol. The number of aromatic amines is 2. The minimum Gasteiger partial charge on any atom is -0.451 e. The molecule has 0 saturated carbocycles. The van der Waals surface area contributed by atoms with Crippen LogP contribution in [0.15, 0.2) is 35.2 Å². The van der Waals surface area contributed by atoms with E-state index in [0.29, 0.717) is 28.0 Å². The predicted octanol–water partition coefficient (Wildman–Crippen LogP) is 3.65. The molecule has 7 nitrogen and oxygen atoms in total. The molecule has 0 saturated heterocycles. The number of pyridine rings is 1. The second-order valence-corrected chi connectivity index (χ2v) is 6.36. The zero-order valence-electron chi connectivity index (χ0n) is 12.9. The standard InChI is InChI=1S/C16H11BrFN5O2/c1-7(14-22-13-2-8(17)5-19-15(13)23-14)25-16(24)9-3-11-12(4-10(9)18)21-6-20-11/h2-7H,1H3,(H,20,21)(H,19,22,23). The SMILES string of the molecule is CC(OC(=O)c1cc2nc[nH]c2cc1F)c1nc2ncc(Br)cc2[nH]1. The quantitative estimate of drug-likeness (QED) is 0.508. The van der Waals surface area contributed by atoms with Crippen molar-refractivity contribution in [3.8, 4) is 0 Å². The van der Waals surface area contributed by atoms with E-state index in [-0.39, 0.29) is 5.56 Å². The summed E-state index contributed by atoms with van der Waals surface area (Å²) in [5.74, 6) is -1.04. The minimum atomic E-state index is -0.788. The van der Waals surface area contributed by atoms with Crippen molar-refractivity contribution in [2.24, 2.45) is 0 Å². The van der Waals surface area contributed by atoms with E-state index in [9.17, 15) is 9.18 Å². The number of benzene rings is 1. The summed E-state index contributed by atoms with van der Waals surface area (Å²) in [7, 11) is 0. The molecule has 4 aromatic rings. The van der Waals surface area contributed by atoms with Gasteiger partial charge in [-0.15, -0.1) is 0 Å². The molecule has 1 unspecified atom stereocenters. The van der Waals surface area contributed by atoms with E-state index in [1.807, 2.05) is 6.07 Å². The van der Waals surface area contributed by atoms with E-state index in [1.54, 1.807) is 13.1 Å². The van der Waals surface area contributed by atoms with Gasteiger partial charge in [0.2, 0.25) is 0 Å². The van der Waals surface area contributed by atoms with Crippen molar-refractivity contribution in [3.63, 3.8) is 0 Å². The molecule has 3 aromatic heterocycles. The molecule has 126 valence electrons. The number of carbonyl (C=O) groups excluding carboxylic acids is 1. The normalized spacial score (nSPS) is 12.6. The monoisotopic (exact) mass is 403 g/mol. The Hall–Kier alpha value is -2.81.